The van der Waals surface area contributed by atoms with E-state index in [1.165, 1.54) is 5.92 Å². The number of allylic oxidation sites excluding steroid dienone is 1. The Bertz CT molecular complexity index is 447. The molecule has 1 aromatic rings. The lowest BCUT2D eigenvalue weighted by Gasteiger charge is -2.18. The number of ether oxygens (including phenoxy) is 1. The van der Waals surface area contributed by atoms with Crippen LogP contribution in [0.1, 0.15) is 35.6 Å². The Labute approximate surface area is 110 Å². The molecule has 18 heavy (non-hydrogen) atoms. The van der Waals surface area contributed by atoms with Gasteiger partial charge in [0, 0.05) is 5.56 Å². The second-order valence-corrected chi connectivity index (χ2v) is 4.79. The fraction of sp³-hybridized carbons (Fsp3) is 0.438. The summed E-state index contributed by atoms with van der Waals surface area (Å²) in [6.45, 7) is 11.7. The highest BCUT2D eigenvalue weighted by molar-refractivity contribution is 5.57. The van der Waals surface area contributed by atoms with Crippen LogP contribution in [0.2, 0.25) is 0 Å². The Hall–Kier alpha value is -1.44. The van der Waals surface area contributed by atoms with Crippen LogP contribution in [0.4, 0.5) is 0 Å². The molecule has 0 fully saturated rings. The van der Waals surface area contributed by atoms with Crippen LogP contribution < -0.4 is 4.74 Å². The van der Waals surface area contributed by atoms with E-state index in [0.717, 1.165) is 40.8 Å². The lowest BCUT2D eigenvalue weighted by atomic mass is 9.92. The zero-order valence-corrected chi connectivity index (χ0v) is 12.1. The number of aromatic hydroxyl groups is 1. The van der Waals surface area contributed by atoms with Gasteiger partial charge in [-0.3, -0.25) is 0 Å². The second kappa shape index (κ2) is 5.94. The molecule has 0 spiro atoms. The van der Waals surface area contributed by atoms with E-state index >= 15 is 0 Å². The quantitative estimate of drug-likeness (QED) is 0.851. The first-order valence-corrected chi connectivity index (χ1v) is 6.24. The SMILES string of the molecule is C=C[C](C)CCc1c(C)c(OC)c(C)c(C)c1O. The summed E-state index contributed by atoms with van der Waals surface area (Å²) >= 11 is 0. The summed E-state index contributed by atoms with van der Waals surface area (Å²) in [5, 5.41) is 10.3. The summed E-state index contributed by atoms with van der Waals surface area (Å²) in [6.07, 6.45) is 3.58. The molecule has 0 saturated heterocycles. The van der Waals surface area contributed by atoms with Crippen molar-refractivity contribution in [3.63, 3.8) is 0 Å². The highest BCUT2D eigenvalue weighted by atomic mass is 16.5. The van der Waals surface area contributed by atoms with E-state index in [4.69, 9.17) is 4.74 Å². The largest absolute Gasteiger partial charge is 0.507 e. The molecule has 0 saturated carbocycles. The predicted octanol–water partition coefficient (Wildman–Crippen LogP) is 4.04. The summed E-state index contributed by atoms with van der Waals surface area (Å²) in [4.78, 5) is 0. The van der Waals surface area contributed by atoms with Gasteiger partial charge >= 0.3 is 0 Å². The van der Waals surface area contributed by atoms with Gasteiger partial charge in [-0.25, -0.2) is 0 Å². The number of phenolic OH excluding ortho intramolecular Hbond substituents is 1. The van der Waals surface area contributed by atoms with Crippen molar-refractivity contribution >= 4 is 0 Å². The predicted molar refractivity (Wildman–Crippen MR) is 76.3 cm³/mol. The molecule has 0 aliphatic carbocycles. The number of hydrogen-bond acceptors (Lipinski definition) is 2. The van der Waals surface area contributed by atoms with Gasteiger partial charge < -0.3 is 9.84 Å². The van der Waals surface area contributed by atoms with Crippen molar-refractivity contribution in [1.82, 2.24) is 0 Å². The molecule has 1 aromatic carbocycles. The van der Waals surface area contributed by atoms with E-state index in [1.54, 1.807) is 7.11 Å². The Morgan fingerprint density at radius 1 is 1.22 bits per heavy atom. The topological polar surface area (TPSA) is 29.5 Å². The second-order valence-electron chi connectivity index (χ2n) is 4.79. The molecule has 2 nitrogen and oxygen atoms in total. The van der Waals surface area contributed by atoms with Gasteiger partial charge in [-0.2, -0.15) is 0 Å². The van der Waals surface area contributed by atoms with Crippen molar-refractivity contribution in [3.05, 3.63) is 40.8 Å². The summed E-state index contributed by atoms with van der Waals surface area (Å²) in [5.41, 5.74) is 3.94. The third kappa shape index (κ3) is 2.69. The number of phenols is 1. The number of hydrogen-bond donors (Lipinski definition) is 1. The highest BCUT2D eigenvalue weighted by Crippen LogP contribution is 2.37. The maximum absolute atomic E-state index is 10.3. The zero-order valence-electron chi connectivity index (χ0n) is 12.1. The molecule has 99 valence electrons. The summed E-state index contributed by atoms with van der Waals surface area (Å²) in [7, 11) is 1.68. The van der Waals surface area contributed by atoms with Crippen LogP contribution in [-0.2, 0) is 6.42 Å². The van der Waals surface area contributed by atoms with Crippen LogP contribution in [0, 0.1) is 26.7 Å². The maximum atomic E-state index is 10.3. The smallest absolute Gasteiger partial charge is 0.125 e. The van der Waals surface area contributed by atoms with Gasteiger partial charge in [0.15, 0.2) is 0 Å². The summed E-state index contributed by atoms with van der Waals surface area (Å²) in [5.74, 6) is 2.52. The molecule has 0 heterocycles. The third-order valence-electron chi connectivity index (χ3n) is 3.66. The normalized spacial score (nSPS) is 10.8. The van der Waals surface area contributed by atoms with Gasteiger partial charge in [0.2, 0.25) is 0 Å². The minimum absolute atomic E-state index is 0.405. The Morgan fingerprint density at radius 3 is 2.33 bits per heavy atom. The van der Waals surface area contributed by atoms with E-state index < -0.39 is 0 Å². The fourth-order valence-electron chi connectivity index (χ4n) is 2.21. The van der Waals surface area contributed by atoms with E-state index in [9.17, 15) is 5.11 Å². The van der Waals surface area contributed by atoms with Gasteiger partial charge in [0.25, 0.3) is 0 Å². The molecule has 2 heteroatoms. The lowest BCUT2D eigenvalue weighted by Crippen LogP contribution is -2.02. The van der Waals surface area contributed by atoms with E-state index in [0.29, 0.717) is 5.75 Å². The van der Waals surface area contributed by atoms with Gasteiger partial charge in [-0.1, -0.05) is 13.0 Å². The monoisotopic (exact) mass is 247 g/mol. The number of rotatable bonds is 5. The van der Waals surface area contributed by atoms with Gasteiger partial charge in [0.05, 0.1) is 7.11 Å². The molecule has 0 unspecified atom stereocenters. The van der Waals surface area contributed by atoms with Crippen molar-refractivity contribution in [3.8, 4) is 11.5 Å². The molecule has 0 amide bonds. The molecule has 0 aromatic heterocycles. The first-order chi connectivity index (χ1) is 8.43. The van der Waals surface area contributed by atoms with Crippen molar-refractivity contribution in [2.75, 3.05) is 7.11 Å². The van der Waals surface area contributed by atoms with Crippen molar-refractivity contribution < 1.29 is 9.84 Å². The standard InChI is InChI=1S/C16H23O2/c1-7-10(2)8-9-14-13(5)16(18-6)12(4)11(3)15(14)17/h7,17H,1,8-9H2,2-6H3. The van der Waals surface area contributed by atoms with Crippen molar-refractivity contribution in [2.24, 2.45) is 0 Å². The highest BCUT2D eigenvalue weighted by Gasteiger charge is 2.17. The first-order valence-electron chi connectivity index (χ1n) is 6.24. The van der Waals surface area contributed by atoms with E-state index in [1.807, 2.05) is 26.8 Å². The van der Waals surface area contributed by atoms with Crippen LogP contribution in [0.25, 0.3) is 0 Å². The number of methoxy groups -OCH3 is 1. The van der Waals surface area contributed by atoms with Gasteiger partial charge in [0.1, 0.15) is 11.5 Å². The minimum Gasteiger partial charge on any atom is -0.507 e. The summed E-state index contributed by atoms with van der Waals surface area (Å²) in [6, 6.07) is 0. The van der Waals surface area contributed by atoms with Crippen LogP contribution in [-0.4, -0.2) is 12.2 Å². The number of benzene rings is 1. The molecule has 1 N–H and O–H groups in total. The van der Waals surface area contributed by atoms with Gasteiger partial charge in [-0.15, -0.1) is 6.58 Å². The fourth-order valence-corrected chi connectivity index (χ4v) is 2.21. The molecular weight excluding hydrogens is 224 g/mol. The van der Waals surface area contributed by atoms with Crippen LogP contribution >= 0.6 is 0 Å². The van der Waals surface area contributed by atoms with Crippen molar-refractivity contribution in [2.45, 2.75) is 40.5 Å². The molecule has 0 aliphatic heterocycles. The third-order valence-corrected chi connectivity index (χ3v) is 3.66. The molecule has 0 bridgehead atoms. The Morgan fingerprint density at radius 2 is 1.83 bits per heavy atom. The molecular formula is C16H23O2. The molecule has 1 radical (unpaired) electrons. The maximum Gasteiger partial charge on any atom is 0.125 e. The first kappa shape index (κ1) is 14.6. The molecule has 0 atom stereocenters. The lowest BCUT2D eigenvalue weighted by molar-refractivity contribution is 0.402. The van der Waals surface area contributed by atoms with Crippen molar-refractivity contribution in [1.29, 1.82) is 0 Å². The van der Waals surface area contributed by atoms with E-state index in [2.05, 4.69) is 13.5 Å². The average Bonchev–Trinajstić information content (AvgIpc) is 2.36. The van der Waals surface area contributed by atoms with Crippen LogP contribution in [0.15, 0.2) is 12.7 Å². The van der Waals surface area contributed by atoms with Crippen LogP contribution in [0.5, 0.6) is 11.5 Å². The Balaban J connectivity index is 3.18. The Kier molecular flexibility index (Phi) is 4.83. The van der Waals surface area contributed by atoms with Crippen LogP contribution in [0.3, 0.4) is 0 Å². The van der Waals surface area contributed by atoms with E-state index in [-0.39, 0.29) is 0 Å². The minimum atomic E-state index is 0.405. The average molecular weight is 247 g/mol. The molecule has 0 aliphatic rings. The molecule has 1 rings (SSSR count). The summed E-state index contributed by atoms with van der Waals surface area (Å²) < 4.78 is 5.45. The van der Waals surface area contributed by atoms with Gasteiger partial charge in [-0.05, 0) is 56.2 Å². The zero-order chi connectivity index (χ0) is 13.9.